The van der Waals surface area contributed by atoms with E-state index in [2.05, 4.69) is 46.8 Å². The van der Waals surface area contributed by atoms with E-state index in [-0.39, 0.29) is 0 Å². The maximum atomic E-state index is 3.67. The minimum absolute atomic E-state index is 1.21. The van der Waals surface area contributed by atoms with Crippen LogP contribution >= 0.6 is 15.9 Å². The first-order valence-corrected chi connectivity index (χ1v) is 5.99. The number of halogens is 1. The normalized spacial score (nSPS) is 16.4. The lowest BCUT2D eigenvalue weighted by atomic mass is 10.1. The van der Waals surface area contributed by atoms with Crippen molar-refractivity contribution in [2.24, 2.45) is 0 Å². The molecule has 1 aliphatic rings. The second kappa shape index (κ2) is 3.93. The quantitative estimate of drug-likeness (QED) is 0.739. The van der Waals surface area contributed by atoms with E-state index in [0.717, 1.165) is 0 Å². The molecule has 1 aromatic rings. The largest absolute Gasteiger partial charge is 0.370 e. The Bertz CT molecular complexity index is 317. The Morgan fingerprint density at radius 1 is 1.14 bits per heavy atom. The molecule has 2 rings (SSSR count). The molecule has 0 N–H and O–H groups in total. The van der Waals surface area contributed by atoms with Crippen molar-refractivity contribution in [1.29, 1.82) is 0 Å². The lowest BCUT2D eigenvalue weighted by molar-refractivity contribution is 0.949. The van der Waals surface area contributed by atoms with Gasteiger partial charge in [-0.15, -0.1) is 0 Å². The Balaban J connectivity index is 2.40. The molecular formula is C12H16BrN. The standard InChI is InChI=1S/C12H16BrN/c1-9-7-10(2)12(11(13)8-9)14-5-3-4-6-14/h7-8H,3-6H2,1-2H3. The van der Waals surface area contributed by atoms with Gasteiger partial charge < -0.3 is 4.90 Å². The Morgan fingerprint density at radius 2 is 1.79 bits per heavy atom. The molecule has 0 spiro atoms. The van der Waals surface area contributed by atoms with Crippen LogP contribution < -0.4 is 4.90 Å². The first kappa shape index (κ1) is 10.0. The highest BCUT2D eigenvalue weighted by molar-refractivity contribution is 9.10. The summed E-state index contributed by atoms with van der Waals surface area (Å²) >= 11 is 3.67. The van der Waals surface area contributed by atoms with Crippen molar-refractivity contribution in [3.05, 3.63) is 27.7 Å². The smallest absolute Gasteiger partial charge is 0.0540 e. The molecule has 1 saturated heterocycles. The number of anilines is 1. The van der Waals surface area contributed by atoms with Crippen LogP contribution in [0.1, 0.15) is 24.0 Å². The lowest BCUT2D eigenvalue weighted by Crippen LogP contribution is -2.19. The molecule has 1 nitrogen and oxygen atoms in total. The van der Waals surface area contributed by atoms with Gasteiger partial charge in [-0.2, -0.15) is 0 Å². The summed E-state index contributed by atoms with van der Waals surface area (Å²) in [6.07, 6.45) is 2.67. The van der Waals surface area contributed by atoms with Crippen LogP contribution in [-0.4, -0.2) is 13.1 Å². The molecule has 0 saturated carbocycles. The van der Waals surface area contributed by atoms with Gasteiger partial charge in [0, 0.05) is 17.6 Å². The van der Waals surface area contributed by atoms with E-state index in [1.807, 2.05) is 0 Å². The molecule has 0 bridgehead atoms. The lowest BCUT2D eigenvalue weighted by Gasteiger charge is -2.22. The Morgan fingerprint density at radius 3 is 2.36 bits per heavy atom. The number of hydrogen-bond acceptors (Lipinski definition) is 1. The molecule has 0 unspecified atom stereocenters. The van der Waals surface area contributed by atoms with Crippen LogP contribution in [-0.2, 0) is 0 Å². The average molecular weight is 254 g/mol. The van der Waals surface area contributed by atoms with E-state index in [0.29, 0.717) is 0 Å². The van der Waals surface area contributed by atoms with E-state index in [9.17, 15) is 0 Å². The Labute approximate surface area is 94.2 Å². The molecular weight excluding hydrogens is 238 g/mol. The molecule has 0 radical (unpaired) electrons. The van der Waals surface area contributed by atoms with Crippen molar-refractivity contribution in [1.82, 2.24) is 0 Å². The third-order valence-electron chi connectivity index (χ3n) is 2.82. The van der Waals surface area contributed by atoms with E-state index in [1.54, 1.807) is 0 Å². The van der Waals surface area contributed by atoms with Crippen LogP contribution in [0.4, 0.5) is 5.69 Å². The van der Waals surface area contributed by atoms with Gasteiger partial charge in [-0.3, -0.25) is 0 Å². The second-order valence-corrected chi connectivity index (χ2v) is 4.96. The SMILES string of the molecule is Cc1cc(C)c(N2CCCC2)c(Br)c1. The zero-order valence-electron chi connectivity index (χ0n) is 8.81. The third-order valence-corrected chi connectivity index (χ3v) is 3.43. The fourth-order valence-electron chi connectivity index (χ4n) is 2.25. The van der Waals surface area contributed by atoms with Gasteiger partial charge in [0.1, 0.15) is 0 Å². The van der Waals surface area contributed by atoms with Crippen molar-refractivity contribution in [2.45, 2.75) is 26.7 Å². The molecule has 1 aromatic carbocycles. The predicted molar refractivity (Wildman–Crippen MR) is 65.1 cm³/mol. The number of aryl methyl sites for hydroxylation is 2. The van der Waals surface area contributed by atoms with Crippen LogP contribution in [0, 0.1) is 13.8 Å². The number of hydrogen-bond donors (Lipinski definition) is 0. The average Bonchev–Trinajstić information content (AvgIpc) is 2.54. The second-order valence-electron chi connectivity index (χ2n) is 4.11. The van der Waals surface area contributed by atoms with Crippen LogP contribution in [0.2, 0.25) is 0 Å². The molecule has 1 aliphatic heterocycles. The molecule has 0 aliphatic carbocycles. The van der Waals surface area contributed by atoms with Crippen molar-refractivity contribution >= 4 is 21.6 Å². The Hall–Kier alpha value is -0.500. The zero-order chi connectivity index (χ0) is 10.1. The molecule has 1 fully saturated rings. The summed E-state index contributed by atoms with van der Waals surface area (Å²) in [6.45, 7) is 6.77. The van der Waals surface area contributed by atoms with Gasteiger partial charge in [0.15, 0.2) is 0 Å². The van der Waals surface area contributed by atoms with Gasteiger partial charge in [0.2, 0.25) is 0 Å². The predicted octanol–water partition coefficient (Wildman–Crippen LogP) is 3.67. The summed E-state index contributed by atoms with van der Waals surface area (Å²) in [6, 6.07) is 4.47. The minimum Gasteiger partial charge on any atom is -0.370 e. The van der Waals surface area contributed by atoms with Crippen LogP contribution in [0.5, 0.6) is 0 Å². The molecule has 14 heavy (non-hydrogen) atoms. The fraction of sp³-hybridized carbons (Fsp3) is 0.500. The van der Waals surface area contributed by atoms with Crippen LogP contribution in [0.25, 0.3) is 0 Å². The van der Waals surface area contributed by atoms with Crippen LogP contribution in [0.15, 0.2) is 16.6 Å². The third kappa shape index (κ3) is 1.81. The molecule has 2 heteroatoms. The fourth-order valence-corrected chi connectivity index (χ4v) is 3.17. The number of nitrogens with zero attached hydrogens (tertiary/aromatic N) is 1. The molecule has 76 valence electrons. The van der Waals surface area contributed by atoms with Crippen LogP contribution in [0.3, 0.4) is 0 Å². The number of rotatable bonds is 1. The first-order valence-electron chi connectivity index (χ1n) is 5.20. The van der Waals surface area contributed by atoms with E-state index < -0.39 is 0 Å². The van der Waals surface area contributed by atoms with Gasteiger partial charge in [-0.25, -0.2) is 0 Å². The first-order chi connectivity index (χ1) is 6.68. The van der Waals surface area contributed by atoms with Crippen molar-refractivity contribution < 1.29 is 0 Å². The van der Waals surface area contributed by atoms with Crippen molar-refractivity contribution in [3.8, 4) is 0 Å². The van der Waals surface area contributed by atoms with Gasteiger partial charge in [-0.1, -0.05) is 6.07 Å². The zero-order valence-corrected chi connectivity index (χ0v) is 10.4. The van der Waals surface area contributed by atoms with Gasteiger partial charge >= 0.3 is 0 Å². The maximum absolute atomic E-state index is 3.67. The van der Waals surface area contributed by atoms with Gasteiger partial charge in [-0.05, 0) is 59.8 Å². The number of benzene rings is 1. The minimum atomic E-state index is 1.21. The highest BCUT2D eigenvalue weighted by atomic mass is 79.9. The van der Waals surface area contributed by atoms with Gasteiger partial charge in [0.25, 0.3) is 0 Å². The maximum Gasteiger partial charge on any atom is 0.0540 e. The summed E-state index contributed by atoms with van der Waals surface area (Å²) < 4.78 is 1.25. The van der Waals surface area contributed by atoms with E-state index >= 15 is 0 Å². The molecule has 1 heterocycles. The van der Waals surface area contributed by atoms with Crippen molar-refractivity contribution in [2.75, 3.05) is 18.0 Å². The van der Waals surface area contributed by atoms with E-state index in [1.165, 1.54) is 47.2 Å². The highest BCUT2D eigenvalue weighted by Crippen LogP contribution is 2.33. The summed E-state index contributed by atoms with van der Waals surface area (Å²) in [5.74, 6) is 0. The Kier molecular flexibility index (Phi) is 2.82. The summed E-state index contributed by atoms with van der Waals surface area (Å²) in [4.78, 5) is 2.48. The molecule has 0 amide bonds. The van der Waals surface area contributed by atoms with Gasteiger partial charge in [0.05, 0.1) is 5.69 Å². The summed E-state index contributed by atoms with van der Waals surface area (Å²) in [7, 11) is 0. The summed E-state index contributed by atoms with van der Waals surface area (Å²) in [5.41, 5.74) is 4.11. The topological polar surface area (TPSA) is 3.24 Å². The van der Waals surface area contributed by atoms with E-state index in [4.69, 9.17) is 0 Å². The highest BCUT2D eigenvalue weighted by Gasteiger charge is 2.16. The molecule has 0 atom stereocenters. The summed E-state index contributed by atoms with van der Waals surface area (Å²) in [5, 5.41) is 0. The van der Waals surface area contributed by atoms with Crippen molar-refractivity contribution in [3.63, 3.8) is 0 Å². The molecule has 0 aromatic heterocycles. The monoisotopic (exact) mass is 253 g/mol.